The molecule has 1 aliphatic rings. The molecule has 2 aromatic heterocycles. The van der Waals surface area contributed by atoms with Gasteiger partial charge in [-0.05, 0) is 12.1 Å². The minimum Gasteiger partial charge on any atom is -0.488 e. The summed E-state index contributed by atoms with van der Waals surface area (Å²) >= 11 is 0. The van der Waals surface area contributed by atoms with Gasteiger partial charge in [0.05, 0.1) is 25.0 Å². The number of fused-ring (bicyclic) bond motifs is 1. The number of hydrogen-bond donors (Lipinski definition) is 0. The third-order valence-corrected chi connectivity index (χ3v) is 3.25. The van der Waals surface area contributed by atoms with Crippen LogP contribution in [0.2, 0.25) is 0 Å². The number of hydrogen-bond acceptors (Lipinski definition) is 4. The zero-order valence-electron chi connectivity index (χ0n) is 10.7. The molecule has 5 nitrogen and oxygen atoms in total. The van der Waals surface area contributed by atoms with E-state index in [0.29, 0.717) is 16.8 Å². The van der Waals surface area contributed by atoms with Gasteiger partial charge in [-0.1, -0.05) is 0 Å². The molecule has 20 heavy (non-hydrogen) atoms. The Labute approximate surface area is 113 Å². The first-order valence-corrected chi connectivity index (χ1v) is 6.09. The van der Waals surface area contributed by atoms with Crippen LogP contribution in [0.5, 0.6) is 5.75 Å². The van der Waals surface area contributed by atoms with Crippen LogP contribution in [-0.2, 0) is 4.74 Å². The van der Waals surface area contributed by atoms with Gasteiger partial charge in [-0.15, -0.1) is 0 Å². The van der Waals surface area contributed by atoms with Crippen molar-refractivity contribution in [3.63, 3.8) is 0 Å². The lowest BCUT2D eigenvalue weighted by Gasteiger charge is -2.34. The second-order valence-corrected chi connectivity index (χ2v) is 4.75. The van der Waals surface area contributed by atoms with Gasteiger partial charge >= 0.3 is 5.97 Å². The minimum absolute atomic E-state index is 0.266. The Morgan fingerprint density at radius 3 is 2.85 bits per heavy atom. The molecule has 3 rings (SSSR count). The molecule has 0 bridgehead atoms. The maximum atomic E-state index is 12.7. The number of pyridine rings is 1. The van der Waals surface area contributed by atoms with Gasteiger partial charge in [0.15, 0.2) is 0 Å². The molecule has 0 atom stereocenters. The number of carbonyl (C=O) groups is 1. The summed E-state index contributed by atoms with van der Waals surface area (Å²) in [5, 5.41) is 4.02. The average Bonchev–Trinajstić information content (AvgIpc) is 2.78. The second-order valence-electron chi connectivity index (χ2n) is 4.75. The number of ether oxygens (including phenoxy) is 2. The first-order valence-electron chi connectivity index (χ1n) is 6.09. The van der Waals surface area contributed by atoms with Gasteiger partial charge in [0.1, 0.15) is 17.4 Å². The Morgan fingerprint density at radius 2 is 2.20 bits per heavy atom. The lowest BCUT2D eigenvalue weighted by Crippen LogP contribution is -2.43. The molecule has 7 heteroatoms. The maximum absolute atomic E-state index is 12.7. The molecule has 0 saturated heterocycles. The molecule has 0 amide bonds. The van der Waals surface area contributed by atoms with E-state index < -0.39 is 18.0 Å². The van der Waals surface area contributed by atoms with Crippen molar-refractivity contribution < 1.29 is 23.0 Å². The van der Waals surface area contributed by atoms with Crippen molar-refractivity contribution in [1.29, 1.82) is 0 Å². The summed E-state index contributed by atoms with van der Waals surface area (Å²) in [6.45, 7) is 0. The van der Waals surface area contributed by atoms with Crippen molar-refractivity contribution in [2.45, 2.75) is 24.9 Å². The summed E-state index contributed by atoms with van der Waals surface area (Å²) in [7, 11) is 1.29. The molecule has 0 aromatic carbocycles. The van der Waals surface area contributed by atoms with Crippen molar-refractivity contribution >= 4 is 11.5 Å². The molecule has 0 radical (unpaired) electrons. The van der Waals surface area contributed by atoms with E-state index in [2.05, 4.69) is 9.84 Å². The van der Waals surface area contributed by atoms with Crippen LogP contribution in [0.3, 0.4) is 0 Å². The highest BCUT2D eigenvalue weighted by atomic mass is 19.3. The third kappa shape index (κ3) is 2.19. The first-order chi connectivity index (χ1) is 9.48. The minimum atomic E-state index is -2.61. The van der Waals surface area contributed by atoms with Crippen LogP contribution in [0.15, 0.2) is 24.5 Å². The quantitative estimate of drug-likeness (QED) is 0.811. The number of esters is 1. The number of aromatic nitrogens is 2. The number of methoxy groups -OCH3 is 1. The van der Waals surface area contributed by atoms with Gasteiger partial charge in [0, 0.05) is 12.8 Å². The summed E-state index contributed by atoms with van der Waals surface area (Å²) in [4.78, 5) is 11.5. The average molecular weight is 282 g/mol. The van der Waals surface area contributed by atoms with E-state index in [9.17, 15) is 13.6 Å². The van der Waals surface area contributed by atoms with E-state index in [0.717, 1.165) is 0 Å². The van der Waals surface area contributed by atoms with Crippen LogP contribution in [0, 0.1) is 0 Å². The summed E-state index contributed by atoms with van der Waals surface area (Å²) in [6.07, 6.45) is 1.94. The highest BCUT2D eigenvalue weighted by Crippen LogP contribution is 2.39. The first kappa shape index (κ1) is 12.8. The standard InChI is InChI=1S/C13H12F2N2O3/c1-19-12(18)10-6-16-17-7-8(2-3-11(10)17)20-9-4-13(14,15)5-9/h2-3,6-7,9H,4-5H2,1H3. The van der Waals surface area contributed by atoms with Crippen molar-refractivity contribution in [2.24, 2.45) is 0 Å². The summed E-state index contributed by atoms with van der Waals surface area (Å²) in [5.41, 5.74) is 0.914. The van der Waals surface area contributed by atoms with E-state index >= 15 is 0 Å². The van der Waals surface area contributed by atoms with Crippen molar-refractivity contribution in [1.82, 2.24) is 9.61 Å². The highest BCUT2D eigenvalue weighted by Gasteiger charge is 2.47. The molecule has 106 valence electrons. The second kappa shape index (κ2) is 4.43. The number of carbonyl (C=O) groups excluding carboxylic acids is 1. The third-order valence-electron chi connectivity index (χ3n) is 3.25. The Balaban J connectivity index is 1.80. The van der Waals surface area contributed by atoms with Gasteiger partial charge < -0.3 is 9.47 Å². The fourth-order valence-electron chi connectivity index (χ4n) is 2.18. The Hall–Kier alpha value is -2.18. The normalized spacial score (nSPS) is 17.8. The molecular formula is C13H12F2N2O3. The number of nitrogens with zero attached hydrogens (tertiary/aromatic N) is 2. The predicted molar refractivity (Wildman–Crippen MR) is 65.1 cm³/mol. The fraction of sp³-hybridized carbons (Fsp3) is 0.385. The number of rotatable bonds is 3. The van der Waals surface area contributed by atoms with E-state index in [1.54, 1.807) is 18.3 Å². The lowest BCUT2D eigenvalue weighted by molar-refractivity contribution is -0.134. The molecule has 1 saturated carbocycles. The molecule has 1 fully saturated rings. The highest BCUT2D eigenvalue weighted by molar-refractivity contribution is 5.96. The predicted octanol–water partition coefficient (Wildman–Crippen LogP) is 2.30. The molecule has 0 N–H and O–H groups in total. The Bertz CT molecular complexity index is 661. The zero-order chi connectivity index (χ0) is 14.3. The molecule has 2 heterocycles. The van der Waals surface area contributed by atoms with E-state index in [4.69, 9.17) is 4.74 Å². The summed E-state index contributed by atoms with van der Waals surface area (Å²) < 4.78 is 37.0. The largest absolute Gasteiger partial charge is 0.488 e. The lowest BCUT2D eigenvalue weighted by atomic mass is 9.91. The van der Waals surface area contributed by atoms with Crippen LogP contribution in [0.25, 0.3) is 5.52 Å². The number of halogens is 2. The van der Waals surface area contributed by atoms with Gasteiger partial charge in [-0.25, -0.2) is 18.1 Å². The molecule has 1 aliphatic carbocycles. The van der Waals surface area contributed by atoms with E-state index in [1.807, 2.05) is 0 Å². The molecule has 0 aliphatic heterocycles. The molecule has 2 aromatic rings. The van der Waals surface area contributed by atoms with Crippen molar-refractivity contribution in [2.75, 3.05) is 7.11 Å². The fourth-order valence-corrected chi connectivity index (χ4v) is 2.18. The molecule has 0 spiro atoms. The van der Waals surface area contributed by atoms with Gasteiger partial charge in [0.25, 0.3) is 5.92 Å². The van der Waals surface area contributed by atoms with Crippen LogP contribution in [0.4, 0.5) is 8.78 Å². The van der Waals surface area contributed by atoms with Crippen LogP contribution in [-0.4, -0.2) is 34.7 Å². The van der Waals surface area contributed by atoms with Gasteiger partial charge in [-0.2, -0.15) is 5.10 Å². The number of alkyl halides is 2. The van der Waals surface area contributed by atoms with Crippen LogP contribution in [0.1, 0.15) is 23.2 Å². The summed E-state index contributed by atoms with van der Waals surface area (Å²) in [5.74, 6) is -2.65. The van der Waals surface area contributed by atoms with E-state index in [-0.39, 0.29) is 12.8 Å². The Morgan fingerprint density at radius 1 is 1.45 bits per heavy atom. The smallest absolute Gasteiger partial charge is 0.341 e. The topological polar surface area (TPSA) is 52.8 Å². The summed E-state index contributed by atoms with van der Waals surface area (Å²) in [6, 6.07) is 3.27. The van der Waals surface area contributed by atoms with Crippen molar-refractivity contribution in [3.8, 4) is 5.75 Å². The zero-order valence-corrected chi connectivity index (χ0v) is 10.7. The Kier molecular flexibility index (Phi) is 2.84. The van der Waals surface area contributed by atoms with Crippen molar-refractivity contribution in [3.05, 3.63) is 30.1 Å². The maximum Gasteiger partial charge on any atom is 0.341 e. The van der Waals surface area contributed by atoms with Crippen LogP contribution >= 0.6 is 0 Å². The van der Waals surface area contributed by atoms with Crippen LogP contribution < -0.4 is 4.74 Å². The molecular weight excluding hydrogens is 270 g/mol. The molecule has 0 unspecified atom stereocenters. The van der Waals surface area contributed by atoms with Gasteiger partial charge in [0.2, 0.25) is 0 Å². The van der Waals surface area contributed by atoms with E-state index in [1.165, 1.54) is 17.8 Å². The van der Waals surface area contributed by atoms with Gasteiger partial charge in [-0.3, -0.25) is 0 Å². The monoisotopic (exact) mass is 282 g/mol. The SMILES string of the molecule is COC(=O)c1cnn2cc(OC3CC(F)(F)C3)ccc12.